The zero-order chi connectivity index (χ0) is 86.7. The molecule has 0 bridgehead atoms. The van der Waals surface area contributed by atoms with Crippen LogP contribution in [0.1, 0.15) is 303 Å². The van der Waals surface area contributed by atoms with Crippen molar-refractivity contribution in [3.05, 3.63) is 189 Å². The fourth-order valence-electron chi connectivity index (χ4n) is 12.3. The van der Waals surface area contributed by atoms with Crippen molar-refractivity contribution >= 4 is 148 Å². The van der Waals surface area contributed by atoms with E-state index >= 15 is 0 Å². The van der Waals surface area contributed by atoms with Gasteiger partial charge in [0.1, 0.15) is 20.0 Å². The lowest BCUT2D eigenvalue weighted by molar-refractivity contribution is -0.122. The molecule has 0 spiro atoms. The summed E-state index contributed by atoms with van der Waals surface area (Å²) >= 11 is 18.9. The van der Waals surface area contributed by atoms with Crippen LogP contribution in [0.15, 0.2) is 146 Å². The second-order valence-corrected chi connectivity index (χ2v) is 32.3. The maximum atomic E-state index is 12.5. The van der Waals surface area contributed by atoms with E-state index in [1.807, 2.05) is 0 Å². The summed E-state index contributed by atoms with van der Waals surface area (Å²) in [5, 5.41) is 29.6. The van der Waals surface area contributed by atoms with Gasteiger partial charge in [0.05, 0.1) is 25.3 Å². The molecule has 0 aliphatic rings. The van der Waals surface area contributed by atoms with Crippen LogP contribution in [0.25, 0.3) is 64.2 Å². The van der Waals surface area contributed by atoms with E-state index < -0.39 is 15.8 Å². The summed E-state index contributed by atoms with van der Waals surface area (Å²) in [6.07, 6.45) is 31.7. The number of benzene rings is 8. The first-order chi connectivity index (χ1) is 57.6. The van der Waals surface area contributed by atoms with Gasteiger partial charge in [0, 0.05) is 65.7 Å². The van der Waals surface area contributed by atoms with Crippen molar-refractivity contribution in [1.82, 2.24) is 52.9 Å². The minimum atomic E-state index is -1.53. The fourth-order valence-corrected chi connectivity index (χ4v) is 14.4. The number of hydrogen-bond acceptors (Lipinski definition) is 21. The van der Waals surface area contributed by atoms with Crippen LogP contribution < -0.4 is 55.9 Å². The van der Waals surface area contributed by atoms with Crippen molar-refractivity contribution < 1.29 is 58.0 Å². The molecule has 0 atom stereocenters. The van der Waals surface area contributed by atoms with Crippen LogP contribution in [0.5, 0.6) is 0 Å². The van der Waals surface area contributed by atoms with Gasteiger partial charge in [-0.2, -0.15) is 0 Å². The first-order valence-electron chi connectivity index (χ1n) is 40.8. The number of nitrogen functional groups attached to an aromatic ring is 2. The molecule has 682 valence electrons. The Hall–Kier alpha value is -9.69. The number of amides is 6. The van der Waals surface area contributed by atoms with Gasteiger partial charge >= 0.3 is 11.9 Å². The van der Waals surface area contributed by atoms with E-state index in [2.05, 4.69) is 143 Å². The molecule has 2 heterocycles. The molecule has 124 heavy (non-hydrogen) atoms. The number of carbonyl (C=O) groups excluding carboxylic acids is 8. The summed E-state index contributed by atoms with van der Waals surface area (Å²) in [5.41, 5.74) is 19.0. The maximum absolute atomic E-state index is 12.5. The molecule has 26 nitrogen and oxygen atoms in total. The van der Waals surface area contributed by atoms with Gasteiger partial charge in [-0.05, 0) is 161 Å². The number of alkyl halides is 3. The molecule has 8 aromatic carbocycles. The van der Waals surface area contributed by atoms with E-state index in [4.69, 9.17) is 46.5 Å². The summed E-state index contributed by atoms with van der Waals surface area (Å²) in [5.74, 6) is 15.4. The highest BCUT2D eigenvalue weighted by Gasteiger charge is 2.19. The summed E-state index contributed by atoms with van der Waals surface area (Å²) in [6.45, 7) is 11.0. The normalized spacial score (nSPS) is 10.3. The van der Waals surface area contributed by atoms with E-state index in [0.717, 1.165) is 115 Å². The Labute approximate surface area is 756 Å². The maximum Gasteiger partial charge on any atom is 0.337 e. The van der Waals surface area contributed by atoms with Crippen LogP contribution in [-0.4, -0.2) is 98.1 Å². The predicted molar refractivity (Wildman–Crippen MR) is 512 cm³/mol. The third-order valence-electron chi connectivity index (χ3n) is 18.9. The first kappa shape index (κ1) is 114. The number of nitrogens with zero attached hydrogens (tertiary/aromatic N) is 4. The molecule has 0 fully saturated rings. The topological polar surface area (TPSA) is 424 Å². The Bertz CT molecular complexity index is 4420. The van der Waals surface area contributed by atoms with Gasteiger partial charge in [0.15, 0.2) is 0 Å². The first-order valence-corrected chi connectivity index (χ1v) is 43.6. The molecular formula is C93H135Cl3N14O12S2. The highest BCUT2D eigenvalue weighted by atomic mass is 35.6. The average Bonchev–Trinajstić information content (AvgIpc) is 1.49. The Morgan fingerprint density at radius 3 is 0.879 bits per heavy atom. The number of hydrogen-bond donors (Lipinski definition) is 10. The van der Waals surface area contributed by atoms with Gasteiger partial charge in [-0.15, -0.1) is 20.4 Å². The number of nitrogens with one attached hydrogen (secondary N) is 6. The van der Waals surface area contributed by atoms with Crippen molar-refractivity contribution in [3.63, 3.8) is 0 Å². The summed E-state index contributed by atoms with van der Waals surface area (Å²) in [4.78, 5) is 94.4. The number of halogens is 3. The molecule has 0 aliphatic heterocycles. The second kappa shape index (κ2) is 65.0. The SMILES string of the molecule is C.C.C.C.CCCCCCCCC(=O)NNC(=O)c1ccc2cc(C(=O)NNC(=O)CCCCCCCC)ccc2c1.CCCCCCCCc1nnc(-c2ccc3cc(-c4nnc(CCCCCCCC)s4)ccc3c2)s1.CCOC(Cl)(Cl)Cl.COC(=O)c1ccc2cc(C(=O)OC)ccc2c1.NN.NNC(=O)c1ccc2cc(C(=O)NN)ccc2c1.O. The van der Waals surface area contributed by atoms with Crippen molar-refractivity contribution in [2.75, 3.05) is 20.8 Å². The predicted octanol–water partition coefficient (Wildman–Crippen LogP) is 20.9. The molecule has 0 radical (unpaired) electrons. The van der Waals surface area contributed by atoms with Gasteiger partial charge in [0.2, 0.25) is 11.8 Å². The quantitative estimate of drug-likeness (QED) is 0.00432. The lowest BCUT2D eigenvalue weighted by Crippen LogP contribution is -2.41. The third kappa shape index (κ3) is 41.9. The number of aryl methyl sites for hydroxylation is 2. The Balaban J connectivity index is 0.00000162. The minimum absolute atomic E-state index is 0. The van der Waals surface area contributed by atoms with Gasteiger partial charge in [-0.1, -0.05) is 304 Å². The van der Waals surface area contributed by atoms with Gasteiger partial charge < -0.3 is 19.7 Å². The zero-order valence-electron chi connectivity index (χ0n) is 69.9. The molecule has 0 unspecified atom stereocenters. The minimum Gasteiger partial charge on any atom is -0.465 e. The highest BCUT2D eigenvalue weighted by Crippen LogP contribution is 2.33. The largest absolute Gasteiger partial charge is 0.465 e. The zero-order valence-corrected chi connectivity index (χ0v) is 73.8. The van der Waals surface area contributed by atoms with E-state index in [-0.39, 0.29) is 70.8 Å². The smallest absolute Gasteiger partial charge is 0.337 e. The Morgan fingerprint density at radius 2 is 0.605 bits per heavy atom. The molecule has 10 aromatic rings. The van der Waals surface area contributed by atoms with Crippen LogP contribution in [0.4, 0.5) is 0 Å². The lowest BCUT2D eigenvalue weighted by atomic mass is 10.0. The lowest BCUT2D eigenvalue weighted by Gasteiger charge is -2.10. The van der Waals surface area contributed by atoms with Crippen molar-refractivity contribution in [3.8, 4) is 21.1 Å². The van der Waals surface area contributed by atoms with Crippen LogP contribution in [-0.2, 0) is 36.6 Å². The summed E-state index contributed by atoms with van der Waals surface area (Å²) < 4.78 is 12.3. The van der Waals surface area contributed by atoms with Gasteiger partial charge in [-0.25, -0.2) is 21.3 Å². The molecule has 0 saturated carbocycles. The number of nitrogens with two attached hydrogens (primary N) is 4. The van der Waals surface area contributed by atoms with Gasteiger partial charge in [0.25, 0.3) is 27.6 Å². The number of unbranched alkanes of at least 4 members (excludes halogenated alkanes) is 20. The molecule has 31 heteroatoms. The number of ether oxygens (including phenoxy) is 3. The van der Waals surface area contributed by atoms with Crippen molar-refractivity contribution in [1.29, 1.82) is 0 Å². The number of carbonyl (C=O) groups is 8. The summed E-state index contributed by atoms with van der Waals surface area (Å²) in [7, 11) is 2.68. The molecule has 10 rings (SSSR count). The average molecular weight is 1810 g/mol. The van der Waals surface area contributed by atoms with Crippen LogP contribution in [0.2, 0.25) is 0 Å². The molecule has 16 N–H and O–H groups in total. The number of aromatic nitrogens is 4. The van der Waals surface area contributed by atoms with Crippen LogP contribution >= 0.6 is 57.5 Å². The second-order valence-electron chi connectivity index (χ2n) is 28.0. The van der Waals surface area contributed by atoms with Crippen molar-refractivity contribution in [2.24, 2.45) is 23.4 Å². The molecule has 0 aliphatic carbocycles. The fraction of sp³-hybridized carbons (Fsp3) is 0.441. The highest BCUT2D eigenvalue weighted by molar-refractivity contribution is 7.15. The number of rotatable bonds is 37. The number of fused-ring (bicyclic) bond motifs is 4. The molecule has 0 saturated heterocycles. The van der Waals surface area contributed by atoms with Crippen LogP contribution in [0, 0.1) is 0 Å². The standard InChI is InChI=1S/C30H44N4O4.C30H40N4S2.C14H12O4.C12H12N4O2.C3H5Cl3O.4CH4.H4N2.H2O/c1-3-5-7-9-11-13-15-27(35)31-33-29(37)25-19-17-24-22-26(20-18-23(24)21-25)30(38)34-32-28(36)16-14-12-10-8-6-4-2;1-3-5-7-9-11-13-15-27-31-33-29(35-27)25-19-17-24-22-26(20-18-23(24)21-25)30-34-32-28(36-30)16-14-12-10-8-6-4-2;1-17-13(15)11-5-3-10-8-12(14(16)18-2)6-4-9(10)7-11;13-15-11(17)9-3-1-7-5-10(12(18)16-14)4-2-8(7)6-9;1-2-7-3(4,5)6;;;;;1-2;/h17-22H,3-16H2,1-2H3,(H,31,35)(H,32,36)(H,33,37)(H,34,38);17-22H,3-16H2,1-2H3;3-8H,1-2H3;1-6H,13-14H2,(H,15,17)(H,16,18);2H2,1H3;4*1H4;1-2H2;1H2. The Morgan fingerprint density at radius 1 is 0.347 bits per heavy atom. The van der Waals surface area contributed by atoms with Crippen LogP contribution in [0.3, 0.4) is 0 Å². The van der Waals surface area contributed by atoms with E-state index in [1.165, 1.54) is 141 Å². The van der Waals surface area contributed by atoms with E-state index in [1.54, 1.807) is 139 Å². The monoisotopic (exact) mass is 1810 g/mol. The third-order valence-corrected chi connectivity index (χ3v) is 21.3. The summed E-state index contributed by atoms with van der Waals surface area (Å²) in [6, 6.07) is 43.8. The number of esters is 2. The van der Waals surface area contributed by atoms with Crippen molar-refractivity contribution in [2.45, 2.75) is 248 Å². The Kier molecular flexibility index (Phi) is 59.9. The molecular weight excluding hydrogens is 1680 g/mol. The molecule has 6 amide bonds. The van der Waals surface area contributed by atoms with E-state index in [0.29, 0.717) is 52.8 Å². The van der Waals surface area contributed by atoms with Gasteiger partial charge in [-0.3, -0.25) is 73.0 Å². The number of hydrazine groups is 5. The molecule has 2 aromatic heterocycles. The van der Waals surface area contributed by atoms with E-state index in [9.17, 15) is 38.4 Å². The number of methoxy groups -OCH3 is 2.